The predicted molar refractivity (Wildman–Crippen MR) is 135 cm³/mol. The van der Waals surface area contributed by atoms with Crippen LogP contribution < -0.4 is 15.5 Å². The van der Waals surface area contributed by atoms with E-state index in [1.807, 2.05) is 24.2 Å². The Hall–Kier alpha value is -3.49. The van der Waals surface area contributed by atoms with E-state index in [0.717, 1.165) is 44.6 Å². The summed E-state index contributed by atoms with van der Waals surface area (Å²) in [5, 5.41) is 9.77. The molecular weight excluding hydrogens is 505 g/mol. The SMILES string of the molecule is CCN(CCNC)Cc1cc2c(N3CCOCC3)nc(-c3cnc(NC(=O)OC)cc3C(F)(F)F)nn2c1. The fourth-order valence-electron chi connectivity index (χ4n) is 4.21. The summed E-state index contributed by atoms with van der Waals surface area (Å²) < 4.78 is 53.9. The molecule has 1 saturated heterocycles. The molecule has 1 aliphatic heterocycles. The number of hydrogen-bond donors (Lipinski definition) is 2. The second kappa shape index (κ2) is 11.9. The molecule has 2 N–H and O–H groups in total. The van der Waals surface area contributed by atoms with Gasteiger partial charge in [-0.3, -0.25) is 10.2 Å². The minimum Gasteiger partial charge on any atom is -0.453 e. The summed E-state index contributed by atoms with van der Waals surface area (Å²) in [5.74, 6) is 0.0905. The van der Waals surface area contributed by atoms with Gasteiger partial charge in [-0.1, -0.05) is 6.92 Å². The Morgan fingerprint density at radius 3 is 2.68 bits per heavy atom. The Bertz CT molecular complexity index is 1260. The number of ether oxygens (including phenoxy) is 2. The number of carbonyl (C=O) groups excluding carboxylic acids is 1. The van der Waals surface area contributed by atoms with Gasteiger partial charge < -0.3 is 19.7 Å². The summed E-state index contributed by atoms with van der Waals surface area (Å²) >= 11 is 0. The number of hydrogen-bond acceptors (Lipinski definition) is 9. The maximum absolute atomic E-state index is 14.1. The van der Waals surface area contributed by atoms with Gasteiger partial charge in [-0.2, -0.15) is 13.2 Å². The van der Waals surface area contributed by atoms with Crippen molar-refractivity contribution in [2.45, 2.75) is 19.6 Å². The lowest BCUT2D eigenvalue weighted by molar-refractivity contribution is -0.137. The van der Waals surface area contributed by atoms with Crippen molar-refractivity contribution in [3.8, 4) is 11.4 Å². The van der Waals surface area contributed by atoms with Crippen LogP contribution in [0.15, 0.2) is 24.5 Å². The average Bonchev–Trinajstić information content (AvgIpc) is 3.32. The van der Waals surface area contributed by atoms with E-state index in [1.165, 1.54) is 0 Å². The van der Waals surface area contributed by atoms with Crippen molar-refractivity contribution in [3.05, 3.63) is 35.7 Å². The standard InChI is InChI=1S/C24H31F3N8O3/c1-4-33(6-5-28-2)14-16-11-19-22(34-7-9-38-10-8-34)31-21(32-35(19)15-16)17-13-29-20(30-23(36)37-3)12-18(17)24(25,26)27/h11-13,15,28H,4-10,14H2,1-3H3,(H,29,30,36). The van der Waals surface area contributed by atoms with Crippen molar-refractivity contribution in [1.82, 2.24) is 29.8 Å². The van der Waals surface area contributed by atoms with E-state index in [-0.39, 0.29) is 17.2 Å². The predicted octanol–water partition coefficient (Wildman–Crippen LogP) is 2.87. The Morgan fingerprint density at radius 2 is 2.03 bits per heavy atom. The molecule has 0 aromatic carbocycles. The normalized spacial score (nSPS) is 14.3. The number of carbonyl (C=O) groups is 1. The molecule has 0 radical (unpaired) electrons. The third-order valence-electron chi connectivity index (χ3n) is 6.21. The molecule has 14 heteroatoms. The highest BCUT2D eigenvalue weighted by Gasteiger charge is 2.36. The van der Waals surface area contributed by atoms with Crippen LogP contribution in [0.2, 0.25) is 0 Å². The molecule has 4 rings (SSSR count). The van der Waals surface area contributed by atoms with E-state index in [2.05, 4.69) is 42.3 Å². The first-order chi connectivity index (χ1) is 18.2. The van der Waals surface area contributed by atoms with E-state index >= 15 is 0 Å². The number of rotatable bonds is 9. The monoisotopic (exact) mass is 536 g/mol. The summed E-state index contributed by atoms with van der Waals surface area (Å²) in [5.41, 5.74) is 0.336. The molecule has 3 aromatic heterocycles. The number of nitrogens with zero attached hydrogens (tertiary/aromatic N) is 6. The summed E-state index contributed by atoms with van der Waals surface area (Å²) in [6.07, 6.45) is -2.85. The van der Waals surface area contributed by atoms with Gasteiger partial charge in [0, 0.05) is 45.1 Å². The van der Waals surface area contributed by atoms with E-state index < -0.39 is 17.8 Å². The van der Waals surface area contributed by atoms with Gasteiger partial charge in [0.25, 0.3) is 0 Å². The lowest BCUT2D eigenvalue weighted by Crippen LogP contribution is -2.37. The average molecular weight is 537 g/mol. The fourth-order valence-corrected chi connectivity index (χ4v) is 4.21. The summed E-state index contributed by atoms with van der Waals surface area (Å²) in [4.78, 5) is 24.3. The summed E-state index contributed by atoms with van der Waals surface area (Å²) in [6.45, 7) is 7.30. The molecule has 0 saturated carbocycles. The molecule has 1 fully saturated rings. The third kappa shape index (κ3) is 6.31. The van der Waals surface area contributed by atoms with Gasteiger partial charge in [-0.25, -0.2) is 19.3 Å². The van der Waals surface area contributed by atoms with Crippen LogP contribution in [-0.4, -0.2) is 90.7 Å². The number of likely N-dealkylation sites (N-methyl/N-ethyl adjacent to an activating group) is 2. The fraction of sp³-hybridized carbons (Fsp3) is 0.500. The molecule has 0 bridgehead atoms. The van der Waals surface area contributed by atoms with Crippen LogP contribution in [0.1, 0.15) is 18.1 Å². The topological polar surface area (TPSA) is 109 Å². The van der Waals surface area contributed by atoms with Crippen molar-refractivity contribution in [3.63, 3.8) is 0 Å². The highest BCUT2D eigenvalue weighted by Crippen LogP contribution is 2.37. The Labute approximate surface area is 217 Å². The second-order valence-electron chi connectivity index (χ2n) is 8.74. The molecule has 0 atom stereocenters. The number of alkyl halides is 3. The van der Waals surface area contributed by atoms with Gasteiger partial charge in [0.15, 0.2) is 11.6 Å². The van der Waals surface area contributed by atoms with E-state index in [0.29, 0.717) is 44.2 Å². The number of pyridine rings is 1. The number of nitrogens with one attached hydrogen (secondary N) is 2. The lowest BCUT2D eigenvalue weighted by atomic mass is 10.1. The van der Waals surface area contributed by atoms with Gasteiger partial charge in [-0.15, -0.1) is 5.10 Å². The van der Waals surface area contributed by atoms with Gasteiger partial charge >= 0.3 is 12.3 Å². The van der Waals surface area contributed by atoms with Crippen LogP contribution in [0, 0.1) is 0 Å². The molecule has 3 aromatic rings. The van der Waals surface area contributed by atoms with Gasteiger partial charge in [0.1, 0.15) is 11.3 Å². The second-order valence-corrected chi connectivity index (χ2v) is 8.74. The number of halogens is 3. The number of anilines is 2. The smallest absolute Gasteiger partial charge is 0.417 e. The van der Waals surface area contributed by atoms with Crippen LogP contribution >= 0.6 is 0 Å². The number of aromatic nitrogens is 4. The minimum absolute atomic E-state index is 0.131. The summed E-state index contributed by atoms with van der Waals surface area (Å²) in [7, 11) is 3.00. The lowest BCUT2D eigenvalue weighted by Gasteiger charge is -2.28. The van der Waals surface area contributed by atoms with Gasteiger partial charge in [-0.05, 0) is 31.3 Å². The van der Waals surface area contributed by atoms with Crippen molar-refractivity contribution >= 4 is 23.2 Å². The number of amides is 1. The molecule has 4 heterocycles. The maximum Gasteiger partial charge on any atom is 0.417 e. The molecular formula is C24H31F3N8O3. The van der Waals surface area contributed by atoms with Crippen molar-refractivity contribution in [1.29, 1.82) is 0 Å². The zero-order valence-corrected chi connectivity index (χ0v) is 21.5. The van der Waals surface area contributed by atoms with Crippen LogP contribution in [0.25, 0.3) is 16.9 Å². The van der Waals surface area contributed by atoms with Crippen LogP contribution in [-0.2, 0) is 22.2 Å². The van der Waals surface area contributed by atoms with Gasteiger partial charge in [0.2, 0.25) is 0 Å². The quantitative estimate of drug-likeness (QED) is 0.427. The summed E-state index contributed by atoms with van der Waals surface area (Å²) in [6, 6.07) is 2.72. The van der Waals surface area contributed by atoms with Crippen LogP contribution in [0.3, 0.4) is 0 Å². The maximum atomic E-state index is 14.1. The zero-order chi connectivity index (χ0) is 27.3. The first-order valence-corrected chi connectivity index (χ1v) is 12.2. The first kappa shape index (κ1) is 27.5. The zero-order valence-electron chi connectivity index (χ0n) is 21.5. The molecule has 0 spiro atoms. The van der Waals surface area contributed by atoms with Crippen molar-refractivity contribution < 1.29 is 27.4 Å². The number of methoxy groups -OCH3 is 1. The third-order valence-corrected chi connectivity index (χ3v) is 6.21. The first-order valence-electron chi connectivity index (χ1n) is 12.2. The molecule has 1 amide bonds. The molecule has 11 nitrogen and oxygen atoms in total. The molecule has 38 heavy (non-hydrogen) atoms. The Balaban J connectivity index is 1.81. The van der Waals surface area contributed by atoms with Crippen LogP contribution in [0.4, 0.5) is 29.6 Å². The van der Waals surface area contributed by atoms with E-state index in [9.17, 15) is 18.0 Å². The van der Waals surface area contributed by atoms with Gasteiger partial charge in [0.05, 0.1) is 31.5 Å². The molecule has 206 valence electrons. The molecule has 0 unspecified atom stereocenters. The minimum atomic E-state index is -4.75. The molecule has 0 aliphatic carbocycles. The number of fused-ring (bicyclic) bond motifs is 1. The van der Waals surface area contributed by atoms with E-state index in [4.69, 9.17) is 4.74 Å². The van der Waals surface area contributed by atoms with Crippen molar-refractivity contribution in [2.75, 3.05) is 70.3 Å². The molecule has 1 aliphatic rings. The highest BCUT2D eigenvalue weighted by atomic mass is 19.4. The Kier molecular flexibility index (Phi) is 8.64. The largest absolute Gasteiger partial charge is 0.453 e. The number of morpholine rings is 1. The Morgan fingerprint density at radius 1 is 1.26 bits per heavy atom. The van der Waals surface area contributed by atoms with E-state index in [1.54, 1.807) is 4.52 Å². The van der Waals surface area contributed by atoms with Crippen molar-refractivity contribution in [2.24, 2.45) is 0 Å². The van der Waals surface area contributed by atoms with Crippen LogP contribution in [0.5, 0.6) is 0 Å². The highest BCUT2D eigenvalue weighted by molar-refractivity contribution is 5.84.